The Hall–Kier alpha value is -1.10. The van der Waals surface area contributed by atoms with Crippen molar-refractivity contribution in [3.63, 3.8) is 0 Å². The van der Waals surface area contributed by atoms with E-state index in [1.165, 1.54) is 6.42 Å². The zero-order valence-electron chi connectivity index (χ0n) is 10.4. The molecule has 96 valence electrons. The number of carbonyl (C=O) groups is 2. The van der Waals surface area contributed by atoms with E-state index >= 15 is 0 Å². The highest BCUT2D eigenvalue weighted by Gasteiger charge is 2.25. The van der Waals surface area contributed by atoms with E-state index in [1.54, 1.807) is 4.90 Å². The second kappa shape index (κ2) is 5.49. The van der Waals surface area contributed by atoms with Crippen molar-refractivity contribution in [3.8, 4) is 0 Å². The van der Waals surface area contributed by atoms with Crippen LogP contribution in [0.1, 0.15) is 19.8 Å². The number of likely N-dealkylation sites (tertiary alicyclic amines) is 1. The molecular formula is C12H21N3O2. The minimum absolute atomic E-state index is 0.0367. The Balaban J connectivity index is 1.85. The third-order valence-corrected chi connectivity index (χ3v) is 3.52. The maximum atomic E-state index is 12.1. The molecule has 0 radical (unpaired) electrons. The Labute approximate surface area is 102 Å². The first-order chi connectivity index (χ1) is 8.16. The second-order valence-electron chi connectivity index (χ2n) is 5.08. The van der Waals surface area contributed by atoms with Crippen molar-refractivity contribution in [2.45, 2.75) is 19.8 Å². The van der Waals surface area contributed by atoms with E-state index in [0.717, 1.165) is 26.1 Å². The van der Waals surface area contributed by atoms with Gasteiger partial charge in [0.15, 0.2) is 0 Å². The van der Waals surface area contributed by atoms with E-state index in [4.69, 9.17) is 0 Å². The predicted molar refractivity (Wildman–Crippen MR) is 64.4 cm³/mol. The molecule has 2 saturated heterocycles. The molecule has 1 N–H and O–H groups in total. The molecule has 2 amide bonds. The summed E-state index contributed by atoms with van der Waals surface area (Å²) in [4.78, 5) is 27.2. The maximum absolute atomic E-state index is 12.1. The van der Waals surface area contributed by atoms with Gasteiger partial charge >= 0.3 is 0 Å². The minimum atomic E-state index is 0.0367. The number of rotatable bonds is 2. The van der Waals surface area contributed by atoms with Gasteiger partial charge in [0, 0.05) is 26.2 Å². The summed E-state index contributed by atoms with van der Waals surface area (Å²) in [5, 5.41) is 3.01. The first-order valence-corrected chi connectivity index (χ1v) is 6.43. The van der Waals surface area contributed by atoms with Crippen LogP contribution in [0.4, 0.5) is 0 Å². The molecule has 1 unspecified atom stereocenters. The Morgan fingerprint density at radius 3 is 3.00 bits per heavy atom. The van der Waals surface area contributed by atoms with E-state index in [1.807, 2.05) is 4.90 Å². The molecule has 5 nitrogen and oxygen atoms in total. The highest BCUT2D eigenvalue weighted by molar-refractivity contribution is 5.86. The van der Waals surface area contributed by atoms with Gasteiger partial charge in [-0.05, 0) is 18.8 Å². The molecule has 0 aromatic rings. The number of amides is 2. The fraction of sp³-hybridized carbons (Fsp3) is 0.833. The van der Waals surface area contributed by atoms with Crippen molar-refractivity contribution in [3.05, 3.63) is 0 Å². The van der Waals surface area contributed by atoms with Crippen LogP contribution in [0.2, 0.25) is 0 Å². The lowest BCUT2D eigenvalue weighted by Crippen LogP contribution is -2.52. The largest absolute Gasteiger partial charge is 0.341 e. The number of piperidine rings is 1. The summed E-state index contributed by atoms with van der Waals surface area (Å²) in [5.74, 6) is 0.730. The van der Waals surface area contributed by atoms with Crippen molar-refractivity contribution in [2.75, 3.05) is 39.3 Å². The van der Waals surface area contributed by atoms with Gasteiger partial charge in [0.25, 0.3) is 0 Å². The maximum Gasteiger partial charge on any atom is 0.242 e. The average molecular weight is 239 g/mol. The zero-order valence-corrected chi connectivity index (χ0v) is 10.4. The summed E-state index contributed by atoms with van der Waals surface area (Å²) in [6.07, 6.45) is 2.29. The summed E-state index contributed by atoms with van der Waals surface area (Å²) in [6, 6.07) is 0. The predicted octanol–water partition coefficient (Wildman–Crippen LogP) is -0.323. The summed E-state index contributed by atoms with van der Waals surface area (Å²) in [7, 11) is 0. The number of piperazine rings is 1. The van der Waals surface area contributed by atoms with E-state index in [9.17, 15) is 9.59 Å². The van der Waals surface area contributed by atoms with Crippen LogP contribution in [0.5, 0.6) is 0 Å². The fourth-order valence-electron chi connectivity index (χ4n) is 2.49. The first kappa shape index (κ1) is 12.4. The van der Waals surface area contributed by atoms with Crippen molar-refractivity contribution < 1.29 is 9.59 Å². The highest BCUT2D eigenvalue weighted by Crippen LogP contribution is 2.15. The Kier molecular flexibility index (Phi) is 3.99. The number of hydrogen-bond donors (Lipinski definition) is 1. The van der Waals surface area contributed by atoms with Crippen molar-refractivity contribution in [1.82, 2.24) is 15.1 Å². The third-order valence-electron chi connectivity index (χ3n) is 3.52. The quantitative estimate of drug-likeness (QED) is 0.718. The first-order valence-electron chi connectivity index (χ1n) is 6.43. The minimum Gasteiger partial charge on any atom is -0.341 e. The van der Waals surface area contributed by atoms with Gasteiger partial charge in [0.2, 0.25) is 11.8 Å². The smallest absolute Gasteiger partial charge is 0.242 e. The van der Waals surface area contributed by atoms with Crippen LogP contribution in [0.3, 0.4) is 0 Å². The molecule has 2 aliphatic rings. The van der Waals surface area contributed by atoms with Crippen LogP contribution < -0.4 is 5.32 Å². The number of nitrogens with zero attached hydrogens (tertiary/aromatic N) is 2. The lowest BCUT2D eigenvalue weighted by Gasteiger charge is -2.34. The average Bonchev–Trinajstić information content (AvgIpc) is 2.32. The second-order valence-corrected chi connectivity index (χ2v) is 5.08. The topological polar surface area (TPSA) is 52.7 Å². The Morgan fingerprint density at radius 1 is 1.47 bits per heavy atom. The number of nitrogens with one attached hydrogen (secondary N) is 1. The lowest BCUT2D eigenvalue weighted by molar-refractivity contribution is -0.142. The third kappa shape index (κ3) is 3.19. The van der Waals surface area contributed by atoms with Gasteiger partial charge in [-0.2, -0.15) is 0 Å². The van der Waals surface area contributed by atoms with Gasteiger partial charge in [-0.15, -0.1) is 0 Å². The Morgan fingerprint density at radius 2 is 2.29 bits per heavy atom. The molecule has 0 aliphatic carbocycles. The van der Waals surface area contributed by atoms with Gasteiger partial charge in [-0.25, -0.2) is 0 Å². The van der Waals surface area contributed by atoms with Crippen molar-refractivity contribution >= 4 is 11.8 Å². The van der Waals surface area contributed by atoms with Crippen LogP contribution in [-0.4, -0.2) is 60.9 Å². The molecule has 2 heterocycles. The summed E-state index contributed by atoms with van der Waals surface area (Å²) < 4.78 is 0. The van der Waals surface area contributed by atoms with Crippen LogP contribution in [-0.2, 0) is 9.59 Å². The normalized spacial score (nSPS) is 26.2. The van der Waals surface area contributed by atoms with Gasteiger partial charge < -0.3 is 15.1 Å². The molecule has 1 atom stereocenters. The van der Waals surface area contributed by atoms with E-state index in [0.29, 0.717) is 19.0 Å². The van der Waals surface area contributed by atoms with Crippen molar-refractivity contribution in [1.29, 1.82) is 0 Å². The van der Waals surface area contributed by atoms with Crippen LogP contribution in [0.25, 0.3) is 0 Å². The Bertz CT molecular complexity index is 306. The summed E-state index contributed by atoms with van der Waals surface area (Å²) in [6.45, 7) is 5.93. The summed E-state index contributed by atoms with van der Waals surface area (Å²) >= 11 is 0. The standard InChI is InChI=1S/C12H21N3O2/c1-10-3-2-5-14(8-10)12(17)9-15-6-4-13-7-11(15)16/h10,13H,2-9H2,1H3. The molecule has 2 rings (SSSR count). The molecule has 0 aromatic heterocycles. The van der Waals surface area contributed by atoms with Gasteiger partial charge in [-0.3, -0.25) is 9.59 Å². The molecule has 5 heteroatoms. The van der Waals surface area contributed by atoms with Gasteiger partial charge in [0.05, 0.1) is 13.1 Å². The molecule has 17 heavy (non-hydrogen) atoms. The number of carbonyl (C=O) groups excluding carboxylic acids is 2. The van der Waals surface area contributed by atoms with Crippen LogP contribution >= 0.6 is 0 Å². The molecule has 0 bridgehead atoms. The van der Waals surface area contributed by atoms with Gasteiger partial charge in [-0.1, -0.05) is 6.92 Å². The summed E-state index contributed by atoms with van der Waals surface area (Å²) in [5.41, 5.74) is 0. The van der Waals surface area contributed by atoms with Gasteiger partial charge in [0.1, 0.15) is 0 Å². The number of hydrogen-bond acceptors (Lipinski definition) is 3. The van der Waals surface area contributed by atoms with Crippen LogP contribution in [0.15, 0.2) is 0 Å². The highest BCUT2D eigenvalue weighted by atomic mass is 16.2. The lowest BCUT2D eigenvalue weighted by atomic mass is 10.0. The van der Waals surface area contributed by atoms with E-state index < -0.39 is 0 Å². The van der Waals surface area contributed by atoms with Crippen molar-refractivity contribution in [2.24, 2.45) is 5.92 Å². The van der Waals surface area contributed by atoms with E-state index in [-0.39, 0.29) is 18.4 Å². The fourth-order valence-corrected chi connectivity index (χ4v) is 2.49. The zero-order chi connectivity index (χ0) is 12.3. The molecular weight excluding hydrogens is 218 g/mol. The monoisotopic (exact) mass is 239 g/mol. The molecule has 0 saturated carbocycles. The molecule has 2 aliphatic heterocycles. The molecule has 2 fully saturated rings. The van der Waals surface area contributed by atoms with E-state index in [2.05, 4.69) is 12.2 Å². The van der Waals surface area contributed by atoms with Crippen LogP contribution in [0, 0.1) is 5.92 Å². The SMILES string of the molecule is CC1CCCN(C(=O)CN2CCNCC2=O)C1. The molecule has 0 spiro atoms. The molecule has 0 aromatic carbocycles.